The summed E-state index contributed by atoms with van der Waals surface area (Å²) < 4.78 is 51.3. The smallest absolute Gasteiger partial charge is 0.414 e. The molecule has 8 rings (SSSR count). The van der Waals surface area contributed by atoms with Crippen molar-refractivity contribution < 1.29 is 42.8 Å². The number of carboxylic acid groups (broad SMARTS) is 1. The first-order chi connectivity index (χ1) is 22.6. The summed E-state index contributed by atoms with van der Waals surface area (Å²) in [7, 11) is 0. The van der Waals surface area contributed by atoms with Crippen molar-refractivity contribution in [2.24, 2.45) is 0 Å². The Bertz CT molecular complexity index is 2000. The van der Waals surface area contributed by atoms with Gasteiger partial charge in [0.2, 0.25) is 5.43 Å². The van der Waals surface area contributed by atoms with Crippen molar-refractivity contribution in [1.82, 2.24) is 19.6 Å². The second-order valence-electron chi connectivity index (χ2n) is 12.4. The summed E-state index contributed by atoms with van der Waals surface area (Å²) in [5.74, 6) is -2.95. The van der Waals surface area contributed by atoms with Gasteiger partial charge in [-0.05, 0) is 31.0 Å². The van der Waals surface area contributed by atoms with Crippen LogP contribution in [0.25, 0.3) is 10.9 Å². The third-order valence-corrected chi connectivity index (χ3v) is 9.06. The quantitative estimate of drug-likeness (QED) is 0.289. The Morgan fingerprint density at radius 1 is 1.15 bits per heavy atom. The number of carboxylic acids is 1. The van der Waals surface area contributed by atoms with Crippen molar-refractivity contribution in [3.05, 3.63) is 70.3 Å². The largest absolute Gasteiger partial charge is 0.487 e. The van der Waals surface area contributed by atoms with Crippen molar-refractivity contribution >= 4 is 34.3 Å². The molecule has 0 bridgehead atoms. The van der Waals surface area contributed by atoms with E-state index in [-0.39, 0.29) is 67.0 Å². The fourth-order valence-corrected chi connectivity index (χ4v) is 6.75. The molecule has 16 heteroatoms. The van der Waals surface area contributed by atoms with E-state index in [0.717, 1.165) is 25.0 Å². The molecule has 0 radical (unpaired) electrons. The standard InChI is InChI=1S/C31H28F2N6O8/c32-22-7-17(38-11-19(47-30(38)43)10-36-6-5-34-35-36)3-4-24(22)46-15-31(44)9-18-13-45-28-25-20(8-23(33)26(28)39(18)14-31)27(40)21(29(41)42)12-37(25)16-1-2-16/h3-8,12,16,18-19,44H,1-2,9-11,13-15H2,(H,41,42)/t18-,19-,31-/m1/s1. The number of aliphatic hydroxyl groups is 1. The van der Waals surface area contributed by atoms with Gasteiger partial charge in [0.15, 0.2) is 23.1 Å². The third kappa shape index (κ3) is 4.99. The van der Waals surface area contributed by atoms with E-state index in [4.69, 9.17) is 14.2 Å². The summed E-state index contributed by atoms with van der Waals surface area (Å²) in [6.07, 6.45) is 4.99. The highest BCUT2D eigenvalue weighted by Crippen LogP contribution is 2.48. The maximum Gasteiger partial charge on any atom is 0.414 e. The highest BCUT2D eigenvalue weighted by Gasteiger charge is 2.48. The molecule has 0 spiro atoms. The topological polar surface area (TPSA) is 161 Å². The van der Waals surface area contributed by atoms with E-state index >= 15 is 8.78 Å². The normalized spacial score (nSPS) is 23.4. The van der Waals surface area contributed by atoms with Crippen molar-refractivity contribution in [2.45, 2.75) is 49.6 Å². The number of fused-ring (bicyclic) bond motifs is 5. The van der Waals surface area contributed by atoms with Gasteiger partial charge >= 0.3 is 12.1 Å². The number of cyclic esters (lactones) is 1. The number of anilines is 2. The van der Waals surface area contributed by atoms with Crippen molar-refractivity contribution in [1.29, 1.82) is 0 Å². The van der Waals surface area contributed by atoms with Crippen LogP contribution in [0.4, 0.5) is 25.0 Å². The molecular weight excluding hydrogens is 622 g/mol. The zero-order valence-corrected chi connectivity index (χ0v) is 24.7. The zero-order chi connectivity index (χ0) is 32.6. The van der Waals surface area contributed by atoms with Crippen LogP contribution in [-0.4, -0.2) is 85.9 Å². The Morgan fingerprint density at radius 2 is 1.98 bits per heavy atom. The number of amides is 1. The van der Waals surface area contributed by atoms with E-state index in [0.29, 0.717) is 12.1 Å². The Morgan fingerprint density at radius 3 is 2.70 bits per heavy atom. The van der Waals surface area contributed by atoms with Gasteiger partial charge in [-0.2, -0.15) is 0 Å². The van der Waals surface area contributed by atoms with Gasteiger partial charge in [0.05, 0.1) is 48.5 Å². The lowest BCUT2D eigenvalue weighted by Crippen LogP contribution is -2.41. The highest BCUT2D eigenvalue weighted by molar-refractivity contribution is 5.97. The van der Waals surface area contributed by atoms with E-state index < -0.39 is 52.4 Å². The molecule has 2 N–H and O–H groups in total. The van der Waals surface area contributed by atoms with Crippen LogP contribution < -0.4 is 24.7 Å². The Labute approximate surface area is 264 Å². The van der Waals surface area contributed by atoms with Gasteiger partial charge in [-0.25, -0.2) is 23.1 Å². The van der Waals surface area contributed by atoms with Crippen LogP contribution in [0.1, 0.15) is 35.7 Å². The number of hydrogen-bond acceptors (Lipinski definition) is 10. The number of carbonyl (C=O) groups is 2. The SMILES string of the molecule is O=C(O)c1cn(C2CC2)c2c3c(c(F)cc2c1=O)N1C[C@@](O)(COc2ccc(N4C[C@@H](Cn5ccnn5)OC4=O)cc2F)C[C@@H]1CO3. The van der Waals surface area contributed by atoms with Crippen LogP contribution in [-0.2, 0) is 11.3 Å². The number of ether oxygens (including phenoxy) is 3. The van der Waals surface area contributed by atoms with Crippen LogP contribution in [0.3, 0.4) is 0 Å². The van der Waals surface area contributed by atoms with E-state index in [9.17, 15) is 24.6 Å². The Hall–Kier alpha value is -5.25. The molecule has 4 aromatic rings. The average molecular weight is 651 g/mol. The molecule has 1 aliphatic carbocycles. The van der Waals surface area contributed by atoms with Crippen LogP contribution in [0, 0.1) is 11.6 Å². The predicted octanol–water partition coefficient (Wildman–Crippen LogP) is 2.71. The summed E-state index contributed by atoms with van der Waals surface area (Å²) in [6.45, 7) is 0.164. The number of nitrogens with zero attached hydrogens (tertiary/aromatic N) is 6. The molecule has 4 aliphatic rings. The van der Waals surface area contributed by atoms with Crippen LogP contribution in [0.2, 0.25) is 0 Å². The van der Waals surface area contributed by atoms with Gasteiger partial charge in [0.25, 0.3) is 0 Å². The number of aromatic nitrogens is 4. The molecule has 5 heterocycles. The Kier molecular flexibility index (Phi) is 6.61. The Balaban J connectivity index is 1.01. The number of carbonyl (C=O) groups excluding carboxylic acids is 1. The molecular formula is C31H28F2N6O8. The van der Waals surface area contributed by atoms with Gasteiger partial charge in [0, 0.05) is 30.9 Å². The van der Waals surface area contributed by atoms with Gasteiger partial charge in [-0.3, -0.25) is 9.69 Å². The first-order valence-electron chi connectivity index (χ1n) is 15.1. The molecule has 1 amide bonds. The van der Waals surface area contributed by atoms with E-state index in [1.165, 1.54) is 34.1 Å². The van der Waals surface area contributed by atoms with E-state index in [1.807, 2.05) is 0 Å². The van der Waals surface area contributed by atoms with Crippen LogP contribution in [0.5, 0.6) is 11.5 Å². The molecule has 14 nitrogen and oxygen atoms in total. The summed E-state index contributed by atoms with van der Waals surface area (Å²) >= 11 is 0. The monoisotopic (exact) mass is 650 g/mol. The molecule has 0 unspecified atom stereocenters. The number of aromatic carboxylic acids is 1. The van der Waals surface area contributed by atoms with Crippen LogP contribution >= 0.6 is 0 Å². The van der Waals surface area contributed by atoms with Gasteiger partial charge < -0.3 is 33.9 Å². The number of benzene rings is 2. The van der Waals surface area contributed by atoms with Crippen molar-refractivity contribution in [3.8, 4) is 11.5 Å². The average Bonchev–Trinajstić information content (AvgIpc) is 3.45. The lowest BCUT2D eigenvalue weighted by atomic mass is 10.0. The van der Waals surface area contributed by atoms with Gasteiger partial charge in [0.1, 0.15) is 36.2 Å². The second kappa shape index (κ2) is 10.7. The zero-order valence-electron chi connectivity index (χ0n) is 24.7. The number of hydrogen-bond donors (Lipinski definition) is 2. The summed E-state index contributed by atoms with van der Waals surface area (Å²) in [5, 5.41) is 28.6. The summed E-state index contributed by atoms with van der Waals surface area (Å²) in [5.41, 5.74) is -2.11. The maximum absolute atomic E-state index is 15.7. The molecule has 47 heavy (non-hydrogen) atoms. The molecule has 3 fully saturated rings. The first kappa shape index (κ1) is 29.2. The summed E-state index contributed by atoms with van der Waals surface area (Å²) in [4.78, 5) is 40.2. The van der Waals surface area contributed by atoms with Crippen molar-refractivity contribution in [2.75, 3.05) is 36.1 Å². The minimum Gasteiger partial charge on any atom is -0.487 e. The first-order valence-corrected chi connectivity index (χ1v) is 15.1. The molecule has 3 atom stereocenters. The molecule has 2 aromatic carbocycles. The fourth-order valence-electron chi connectivity index (χ4n) is 6.75. The fraction of sp³-hybridized carbons (Fsp3) is 0.387. The molecule has 2 saturated heterocycles. The van der Waals surface area contributed by atoms with E-state index in [2.05, 4.69) is 10.3 Å². The third-order valence-electron chi connectivity index (χ3n) is 9.06. The molecule has 3 aliphatic heterocycles. The van der Waals surface area contributed by atoms with Crippen molar-refractivity contribution in [3.63, 3.8) is 0 Å². The van der Waals surface area contributed by atoms with Gasteiger partial charge in [-0.1, -0.05) is 5.21 Å². The molecule has 244 valence electrons. The minimum absolute atomic E-state index is 0.0468. The molecule has 1 saturated carbocycles. The predicted molar refractivity (Wildman–Crippen MR) is 159 cm³/mol. The lowest BCUT2D eigenvalue weighted by molar-refractivity contribution is 0.00980. The lowest BCUT2D eigenvalue weighted by Gasteiger charge is -2.34. The highest BCUT2D eigenvalue weighted by atomic mass is 19.1. The number of pyridine rings is 1. The van der Waals surface area contributed by atoms with Crippen LogP contribution in [0.15, 0.2) is 47.7 Å². The number of halogens is 2. The maximum atomic E-state index is 15.7. The second-order valence-corrected chi connectivity index (χ2v) is 12.4. The summed E-state index contributed by atoms with van der Waals surface area (Å²) in [6, 6.07) is 4.57. The minimum atomic E-state index is -1.52. The number of rotatable bonds is 8. The van der Waals surface area contributed by atoms with Gasteiger partial charge in [-0.15, -0.1) is 5.10 Å². The van der Waals surface area contributed by atoms with E-state index in [1.54, 1.807) is 15.7 Å². The molecule has 2 aromatic heterocycles.